The topological polar surface area (TPSA) is 42.1 Å². The van der Waals surface area contributed by atoms with Gasteiger partial charge >= 0.3 is 0 Å². The maximum absolute atomic E-state index is 6.73. The summed E-state index contributed by atoms with van der Waals surface area (Å²) >= 11 is 0. The van der Waals surface area contributed by atoms with Gasteiger partial charge in [0.2, 0.25) is 0 Å². The zero-order valence-electron chi connectivity index (χ0n) is 12.3. The molecule has 1 aliphatic rings. The number of likely N-dealkylation sites (N-methyl/N-ethyl adjacent to an activating group) is 1. The number of pyridine rings is 1. The Kier molecular flexibility index (Phi) is 3.48. The standard InChI is InChI=1S/C17H23N3/c1-20(2)17(10-3-4-11-17)16(18)14-7-5-9-15-13(14)8-6-12-19-15/h5-9,12,16H,3-4,10-11,18H2,1-2H3. The smallest absolute Gasteiger partial charge is 0.0705 e. The van der Waals surface area contributed by atoms with Gasteiger partial charge in [-0.15, -0.1) is 0 Å². The molecular weight excluding hydrogens is 246 g/mol. The summed E-state index contributed by atoms with van der Waals surface area (Å²) in [4.78, 5) is 6.78. The molecule has 0 radical (unpaired) electrons. The minimum atomic E-state index is 0.0351. The van der Waals surface area contributed by atoms with Crippen LogP contribution in [0.5, 0.6) is 0 Å². The lowest BCUT2D eigenvalue weighted by Crippen LogP contribution is -2.50. The monoisotopic (exact) mass is 269 g/mol. The van der Waals surface area contributed by atoms with Gasteiger partial charge < -0.3 is 10.6 Å². The first kappa shape index (κ1) is 13.5. The van der Waals surface area contributed by atoms with Crippen molar-refractivity contribution in [1.29, 1.82) is 0 Å². The van der Waals surface area contributed by atoms with E-state index in [9.17, 15) is 0 Å². The Labute approximate surface area is 120 Å². The first-order valence-electron chi connectivity index (χ1n) is 7.42. The van der Waals surface area contributed by atoms with Gasteiger partial charge in [-0.3, -0.25) is 4.98 Å². The number of benzene rings is 1. The van der Waals surface area contributed by atoms with Crippen LogP contribution in [0.2, 0.25) is 0 Å². The van der Waals surface area contributed by atoms with Gasteiger partial charge in [-0.25, -0.2) is 0 Å². The normalized spacial score (nSPS) is 19.6. The fraction of sp³-hybridized carbons (Fsp3) is 0.471. The van der Waals surface area contributed by atoms with E-state index < -0.39 is 0 Å². The lowest BCUT2D eigenvalue weighted by atomic mass is 9.82. The minimum Gasteiger partial charge on any atom is -0.322 e. The van der Waals surface area contributed by atoms with E-state index in [4.69, 9.17) is 5.73 Å². The van der Waals surface area contributed by atoms with Gasteiger partial charge in [0, 0.05) is 23.2 Å². The largest absolute Gasteiger partial charge is 0.322 e. The molecule has 1 aromatic heterocycles. The van der Waals surface area contributed by atoms with Gasteiger partial charge in [0.05, 0.1) is 5.52 Å². The highest BCUT2D eigenvalue weighted by Gasteiger charge is 2.42. The molecule has 0 spiro atoms. The van der Waals surface area contributed by atoms with Crippen LogP contribution in [0.3, 0.4) is 0 Å². The maximum Gasteiger partial charge on any atom is 0.0705 e. The average molecular weight is 269 g/mol. The summed E-state index contributed by atoms with van der Waals surface area (Å²) in [6.07, 6.45) is 6.74. The molecule has 0 amide bonds. The van der Waals surface area contributed by atoms with E-state index in [2.05, 4.69) is 48.2 Å². The van der Waals surface area contributed by atoms with Crippen LogP contribution in [-0.2, 0) is 0 Å². The highest BCUT2D eigenvalue weighted by atomic mass is 15.2. The van der Waals surface area contributed by atoms with Crippen LogP contribution in [0.15, 0.2) is 36.5 Å². The predicted octanol–water partition coefficient (Wildman–Crippen LogP) is 3.11. The summed E-state index contributed by atoms with van der Waals surface area (Å²) in [5, 5.41) is 1.19. The van der Waals surface area contributed by atoms with Crippen molar-refractivity contribution >= 4 is 10.9 Å². The lowest BCUT2D eigenvalue weighted by Gasteiger charge is -2.42. The first-order chi connectivity index (χ1) is 9.65. The number of hydrogen-bond donors (Lipinski definition) is 1. The molecule has 0 bridgehead atoms. The van der Waals surface area contributed by atoms with Crippen molar-refractivity contribution in [2.75, 3.05) is 14.1 Å². The Morgan fingerprint density at radius 2 is 1.90 bits per heavy atom. The van der Waals surface area contributed by atoms with Gasteiger partial charge in [-0.2, -0.15) is 0 Å². The predicted molar refractivity (Wildman–Crippen MR) is 83.6 cm³/mol. The summed E-state index contributed by atoms with van der Waals surface area (Å²) in [6, 6.07) is 10.5. The van der Waals surface area contributed by atoms with Crippen molar-refractivity contribution in [3.8, 4) is 0 Å². The molecule has 1 aliphatic carbocycles. The van der Waals surface area contributed by atoms with E-state index in [1.807, 2.05) is 12.3 Å². The van der Waals surface area contributed by atoms with Crippen LogP contribution >= 0.6 is 0 Å². The number of rotatable bonds is 3. The lowest BCUT2D eigenvalue weighted by molar-refractivity contribution is 0.124. The third-order valence-corrected chi connectivity index (χ3v) is 4.95. The first-order valence-corrected chi connectivity index (χ1v) is 7.42. The Bertz CT molecular complexity index is 595. The Morgan fingerprint density at radius 3 is 2.60 bits per heavy atom. The quantitative estimate of drug-likeness (QED) is 0.931. The summed E-state index contributed by atoms with van der Waals surface area (Å²) < 4.78 is 0. The summed E-state index contributed by atoms with van der Waals surface area (Å²) in [5.74, 6) is 0. The molecule has 1 atom stereocenters. The number of nitrogens with two attached hydrogens (primary N) is 1. The molecule has 3 heteroatoms. The molecule has 1 heterocycles. The number of aromatic nitrogens is 1. The van der Waals surface area contributed by atoms with E-state index in [1.165, 1.54) is 36.6 Å². The van der Waals surface area contributed by atoms with Crippen LogP contribution in [0.25, 0.3) is 10.9 Å². The second kappa shape index (κ2) is 5.15. The number of hydrogen-bond acceptors (Lipinski definition) is 3. The van der Waals surface area contributed by atoms with E-state index in [0.717, 1.165) is 5.52 Å². The third kappa shape index (κ3) is 2.02. The third-order valence-electron chi connectivity index (χ3n) is 4.95. The van der Waals surface area contributed by atoms with Crippen LogP contribution in [0, 0.1) is 0 Å². The second-order valence-electron chi connectivity index (χ2n) is 6.10. The molecule has 1 aromatic carbocycles. The van der Waals surface area contributed by atoms with Crippen LogP contribution in [-0.4, -0.2) is 29.5 Å². The van der Waals surface area contributed by atoms with Gasteiger partial charge in [0.15, 0.2) is 0 Å². The minimum absolute atomic E-state index is 0.0351. The maximum atomic E-state index is 6.73. The molecule has 1 unspecified atom stereocenters. The fourth-order valence-electron chi connectivity index (χ4n) is 3.71. The summed E-state index contributed by atoms with van der Waals surface area (Å²) in [6.45, 7) is 0. The number of fused-ring (bicyclic) bond motifs is 1. The highest BCUT2D eigenvalue weighted by molar-refractivity contribution is 5.82. The average Bonchev–Trinajstić information content (AvgIpc) is 2.97. The molecule has 2 N–H and O–H groups in total. The van der Waals surface area contributed by atoms with E-state index in [-0.39, 0.29) is 11.6 Å². The molecular formula is C17H23N3. The molecule has 0 aliphatic heterocycles. The van der Waals surface area contributed by atoms with Crippen molar-refractivity contribution in [2.24, 2.45) is 5.73 Å². The van der Waals surface area contributed by atoms with Crippen LogP contribution in [0.4, 0.5) is 0 Å². The highest BCUT2D eigenvalue weighted by Crippen LogP contribution is 2.43. The van der Waals surface area contributed by atoms with Gasteiger partial charge in [0.25, 0.3) is 0 Å². The van der Waals surface area contributed by atoms with Crippen molar-refractivity contribution in [3.63, 3.8) is 0 Å². The molecule has 0 saturated heterocycles. The Balaban J connectivity index is 2.10. The van der Waals surface area contributed by atoms with Crippen LogP contribution in [0.1, 0.15) is 37.3 Å². The number of nitrogens with zero attached hydrogens (tertiary/aromatic N) is 2. The Hall–Kier alpha value is -1.45. The van der Waals surface area contributed by atoms with Gasteiger partial charge in [0.1, 0.15) is 0 Å². The molecule has 1 saturated carbocycles. The molecule has 2 aromatic rings. The zero-order chi connectivity index (χ0) is 14.2. The van der Waals surface area contributed by atoms with E-state index in [0.29, 0.717) is 0 Å². The molecule has 3 rings (SSSR count). The summed E-state index contributed by atoms with van der Waals surface area (Å²) in [5.41, 5.74) is 9.08. The fourth-order valence-corrected chi connectivity index (χ4v) is 3.71. The summed E-state index contributed by atoms with van der Waals surface area (Å²) in [7, 11) is 4.32. The molecule has 3 nitrogen and oxygen atoms in total. The van der Waals surface area contributed by atoms with Crippen molar-refractivity contribution < 1.29 is 0 Å². The zero-order valence-corrected chi connectivity index (χ0v) is 12.3. The van der Waals surface area contributed by atoms with E-state index >= 15 is 0 Å². The molecule has 1 fully saturated rings. The van der Waals surface area contributed by atoms with Crippen molar-refractivity contribution in [1.82, 2.24) is 9.88 Å². The molecule has 20 heavy (non-hydrogen) atoms. The van der Waals surface area contributed by atoms with Crippen LogP contribution < -0.4 is 5.73 Å². The molecule has 106 valence electrons. The Morgan fingerprint density at radius 1 is 1.15 bits per heavy atom. The van der Waals surface area contributed by atoms with Gasteiger partial charge in [-0.1, -0.05) is 31.0 Å². The van der Waals surface area contributed by atoms with Gasteiger partial charge in [-0.05, 0) is 44.6 Å². The van der Waals surface area contributed by atoms with Crippen molar-refractivity contribution in [3.05, 3.63) is 42.1 Å². The van der Waals surface area contributed by atoms with Crippen molar-refractivity contribution in [2.45, 2.75) is 37.3 Å². The second-order valence-corrected chi connectivity index (χ2v) is 6.10. The SMILES string of the molecule is CN(C)C1(C(N)c2cccc3ncccc23)CCCC1. The van der Waals surface area contributed by atoms with E-state index in [1.54, 1.807) is 0 Å².